The van der Waals surface area contributed by atoms with Gasteiger partial charge in [0, 0.05) is 27.7 Å². The van der Waals surface area contributed by atoms with Crippen molar-refractivity contribution in [3.8, 4) is 0 Å². The lowest BCUT2D eigenvalue weighted by Gasteiger charge is -2.48. The number of esters is 7. The highest BCUT2D eigenvalue weighted by atomic mass is 31.1. The molecule has 2 fully saturated rings. The molecule has 0 bridgehead atoms. The van der Waals surface area contributed by atoms with E-state index in [1.807, 2.05) is 0 Å². The summed E-state index contributed by atoms with van der Waals surface area (Å²) in [6.07, 6.45) is -18.4. The molecule has 62 heavy (non-hydrogen) atoms. The zero-order valence-electron chi connectivity index (χ0n) is 33.5. The topological polar surface area (TPSA) is 261 Å². The predicted molar refractivity (Wildman–Crippen MR) is 202 cm³/mol. The van der Waals surface area contributed by atoms with Gasteiger partial charge in [0.2, 0.25) is 0 Å². The van der Waals surface area contributed by atoms with Gasteiger partial charge < -0.3 is 52.3 Å². The summed E-state index contributed by atoms with van der Waals surface area (Å²) in [5.74, 6) is -6.72. The number of benzene rings is 3. The van der Waals surface area contributed by atoms with Crippen molar-refractivity contribution in [2.75, 3.05) is 13.2 Å². The molecule has 1 unspecified atom stereocenters. The van der Waals surface area contributed by atoms with Crippen LogP contribution in [0.5, 0.6) is 0 Å². The van der Waals surface area contributed by atoms with Gasteiger partial charge in [-0.05, 0) is 41.0 Å². The summed E-state index contributed by atoms with van der Waals surface area (Å²) >= 11 is 0. The van der Waals surface area contributed by atoms with Crippen LogP contribution >= 0.6 is 8.25 Å². The van der Waals surface area contributed by atoms with Gasteiger partial charge >= 0.3 is 50.0 Å². The number of ether oxygens (including phenoxy) is 10. The van der Waals surface area contributed by atoms with Crippen molar-refractivity contribution >= 4 is 50.0 Å². The van der Waals surface area contributed by atoms with Gasteiger partial charge in [-0.15, -0.1) is 4.52 Å². The van der Waals surface area contributed by atoms with Crippen molar-refractivity contribution in [3.63, 3.8) is 0 Å². The van der Waals surface area contributed by atoms with Gasteiger partial charge in [0.15, 0.2) is 36.8 Å². The van der Waals surface area contributed by atoms with Crippen LogP contribution < -0.4 is 4.89 Å². The Morgan fingerprint density at radius 1 is 0.484 bits per heavy atom. The molecule has 2 aliphatic heterocycles. The zero-order valence-corrected chi connectivity index (χ0v) is 34.4. The first-order valence-corrected chi connectivity index (χ1v) is 19.9. The lowest BCUT2D eigenvalue weighted by Crippen LogP contribution is -2.67. The van der Waals surface area contributed by atoms with Crippen LogP contribution in [0.4, 0.5) is 0 Å². The third-order valence-corrected chi connectivity index (χ3v) is 9.29. The van der Waals surface area contributed by atoms with Crippen molar-refractivity contribution in [2.45, 2.75) is 89.1 Å². The Balaban J connectivity index is 1.67. The summed E-state index contributed by atoms with van der Waals surface area (Å²) in [5, 5.41) is 0. The molecule has 21 heteroatoms. The van der Waals surface area contributed by atoms with Gasteiger partial charge in [0.1, 0.15) is 31.5 Å². The number of rotatable bonds is 16. The smallest absolute Gasteiger partial charge is 0.491 e. The van der Waals surface area contributed by atoms with Gasteiger partial charge in [0.25, 0.3) is 6.29 Å². The molecule has 0 spiro atoms. The summed E-state index contributed by atoms with van der Waals surface area (Å²) in [4.78, 5) is 103. The van der Waals surface area contributed by atoms with Gasteiger partial charge in [0.05, 0.1) is 16.7 Å². The Hall–Kier alpha value is -6.15. The molecular weight excluding hydrogens is 843 g/mol. The molecule has 20 nitrogen and oxygen atoms in total. The quantitative estimate of drug-likeness (QED) is 0.114. The fourth-order valence-electron chi connectivity index (χ4n) is 6.41. The van der Waals surface area contributed by atoms with Crippen molar-refractivity contribution in [1.82, 2.24) is 0 Å². The van der Waals surface area contributed by atoms with Crippen LogP contribution in [0, 0.1) is 0 Å². The number of carbonyl (C=O) groups is 7. The number of hydrogen-bond acceptors (Lipinski definition) is 20. The Bertz CT molecular complexity index is 2070. The van der Waals surface area contributed by atoms with Crippen LogP contribution in [-0.2, 0) is 75.6 Å². The standard InChI is InChI=1S/C41H41O20P/c1-22(42)51-20-29-31(53-23(2)43)33(54-24(3)44)35(55-25(4)45)40(56-29)60-32-30(21-52-37(46)26-14-8-5-9-15-26)57-41(61-62(49)50)36(59-39(48)28-18-12-7-13-19-28)34(32)58-38(47)27-16-10-6-11-17-27/h5-19,29-36,40-41H,20-21H2,1-4H3/t29-,30-,31+,32-,33+,34-,35-,36+,40+,41-/m1/s1. The van der Waals surface area contributed by atoms with E-state index in [0.717, 1.165) is 27.7 Å². The molecule has 0 aromatic heterocycles. The fourth-order valence-corrected chi connectivity index (χ4v) is 6.75. The minimum atomic E-state index is -3.80. The highest BCUT2D eigenvalue weighted by Gasteiger charge is 2.59. The first kappa shape index (κ1) is 46.9. The fraction of sp³-hybridized carbons (Fsp3) is 0.390. The van der Waals surface area contributed by atoms with Crippen LogP contribution in [-0.4, -0.2) is 116 Å². The summed E-state index contributed by atoms with van der Waals surface area (Å²) in [6, 6.07) is 22.4. The van der Waals surface area contributed by atoms with E-state index in [1.54, 1.807) is 30.3 Å². The molecular formula is C41H41O20P. The molecule has 5 rings (SSSR count). The summed E-state index contributed by atoms with van der Waals surface area (Å²) in [6.45, 7) is 2.61. The van der Waals surface area contributed by atoms with Crippen LogP contribution in [0.25, 0.3) is 0 Å². The average Bonchev–Trinajstić information content (AvgIpc) is 3.23. The molecule has 2 aliphatic rings. The maximum atomic E-state index is 13.9. The lowest BCUT2D eigenvalue weighted by atomic mass is 9.96. The molecule has 0 amide bonds. The van der Waals surface area contributed by atoms with Crippen molar-refractivity contribution in [1.29, 1.82) is 0 Å². The zero-order chi connectivity index (χ0) is 44.9. The van der Waals surface area contributed by atoms with E-state index in [9.17, 15) is 43.0 Å². The van der Waals surface area contributed by atoms with E-state index < -0.39 is 125 Å². The monoisotopic (exact) mass is 884 g/mol. The van der Waals surface area contributed by atoms with E-state index >= 15 is 0 Å². The molecule has 330 valence electrons. The third-order valence-electron chi connectivity index (χ3n) is 8.91. The SMILES string of the molecule is CC(=O)OC[C@H]1O[C@@H](O[C@H]2[C@@H](OC(=O)c3ccccc3)[C@H](OC(=O)c3ccccc3)[C@@H](O[P+](=O)[O-])O[C@@H]2COC(=O)c2ccccc2)[C@H](OC(C)=O)[C@@H](OC(C)=O)[C@H]1OC(C)=O. The summed E-state index contributed by atoms with van der Waals surface area (Å²) in [7, 11) is -3.80. The molecule has 11 atom stereocenters. The van der Waals surface area contributed by atoms with Crippen LogP contribution in [0.15, 0.2) is 91.0 Å². The van der Waals surface area contributed by atoms with Gasteiger partial charge in [-0.3, -0.25) is 19.2 Å². The normalized spacial score (nSPS) is 25.8. The first-order chi connectivity index (χ1) is 29.6. The molecule has 2 heterocycles. The molecule has 0 aliphatic carbocycles. The Labute approximate surface area is 354 Å². The highest BCUT2D eigenvalue weighted by Crippen LogP contribution is 2.37. The van der Waals surface area contributed by atoms with Crippen molar-refractivity contribution in [2.24, 2.45) is 0 Å². The highest BCUT2D eigenvalue weighted by molar-refractivity contribution is 7.30. The average molecular weight is 885 g/mol. The van der Waals surface area contributed by atoms with Crippen molar-refractivity contribution in [3.05, 3.63) is 108 Å². The van der Waals surface area contributed by atoms with E-state index in [1.165, 1.54) is 60.7 Å². The second-order valence-corrected chi connectivity index (χ2v) is 14.1. The molecule has 0 radical (unpaired) electrons. The van der Waals surface area contributed by atoms with E-state index in [-0.39, 0.29) is 16.7 Å². The molecule has 3 aromatic rings. The van der Waals surface area contributed by atoms with Crippen LogP contribution in [0.1, 0.15) is 58.8 Å². The van der Waals surface area contributed by atoms with Gasteiger partial charge in [-0.1, -0.05) is 54.6 Å². The molecule has 0 saturated carbocycles. The largest absolute Gasteiger partial charge is 0.566 e. The summed E-state index contributed by atoms with van der Waals surface area (Å²) in [5.41, 5.74) is -0.00279. The minimum absolute atomic E-state index is 0.0399. The molecule has 0 N–H and O–H groups in total. The number of carbonyl (C=O) groups excluding carboxylic acids is 7. The number of hydrogen-bond donors (Lipinski definition) is 0. The predicted octanol–water partition coefficient (Wildman–Crippen LogP) is 2.52. The van der Waals surface area contributed by atoms with Crippen LogP contribution in [0.3, 0.4) is 0 Å². The third kappa shape index (κ3) is 12.9. The van der Waals surface area contributed by atoms with Crippen LogP contribution in [0.2, 0.25) is 0 Å². The lowest BCUT2D eigenvalue weighted by molar-refractivity contribution is -0.354. The van der Waals surface area contributed by atoms with E-state index in [4.69, 9.17) is 51.9 Å². The summed E-state index contributed by atoms with van der Waals surface area (Å²) < 4.78 is 74.9. The molecule has 3 aromatic carbocycles. The first-order valence-electron chi connectivity index (χ1n) is 18.8. The van der Waals surface area contributed by atoms with Gasteiger partial charge in [-0.2, -0.15) is 0 Å². The maximum absolute atomic E-state index is 13.9. The van der Waals surface area contributed by atoms with Crippen molar-refractivity contribution < 1.29 is 94.9 Å². The Morgan fingerprint density at radius 2 is 0.871 bits per heavy atom. The second kappa shape index (κ2) is 22.1. The van der Waals surface area contributed by atoms with E-state index in [0.29, 0.717) is 0 Å². The molecule has 2 saturated heterocycles. The van der Waals surface area contributed by atoms with E-state index in [2.05, 4.69) is 0 Å². The van der Waals surface area contributed by atoms with Gasteiger partial charge in [-0.25, -0.2) is 14.4 Å². The Morgan fingerprint density at radius 3 is 1.35 bits per heavy atom. The Kier molecular flexibility index (Phi) is 16.7. The maximum Gasteiger partial charge on any atom is 0.491 e. The minimum Gasteiger partial charge on any atom is -0.566 e. The second-order valence-electron chi connectivity index (χ2n) is 13.5.